The number of rotatable bonds is 3. The summed E-state index contributed by atoms with van der Waals surface area (Å²) >= 11 is 0. The van der Waals surface area contributed by atoms with Gasteiger partial charge in [0.1, 0.15) is 5.75 Å². The van der Waals surface area contributed by atoms with Gasteiger partial charge >= 0.3 is 0 Å². The first kappa shape index (κ1) is 12.3. The average molecular weight is 257 g/mol. The topological polar surface area (TPSA) is 29.5 Å². The number of allylic oxidation sites excluding steroid dienone is 2. The number of ether oxygens (including phenoxy) is 1. The van der Waals surface area contributed by atoms with Crippen LogP contribution in [0.15, 0.2) is 36.0 Å². The monoisotopic (exact) mass is 257 g/mol. The fourth-order valence-electron chi connectivity index (χ4n) is 2.94. The Morgan fingerprint density at radius 2 is 1.89 bits per heavy atom. The molecular formula is C16H19NO2. The number of fused-ring (bicyclic) bond motifs is 3. The molecule has 0 aromatic heterocycles. The highest BCUT2D eigenvalue weighted by atomic mass is 16.5. The summed E-state index contributed by atoms with van der Waals surface area (Å²) in [6, 6.07) is 8.09. The van der Waals surface area contributed by atoms with Gasteiger partial charge in [0.15, 0.2) is 5.78 Å². The predicted octanol–water partition coefficient (Wildman–Crippen LogP) is 2.42. The van der Waals surface area contributed by atoms with E-state index in [1.54, 1.807) is 7.11 Å². The minimum atomic E-state index is 0.268. The van der Waals surface area contributed by atoms with Crippen molar-refractivity contribution in [1.82, 2.24) is 4.90 Å². The lowest BCUT2D eigenvalue weighted by Gasteiger charge is -2.30. The smallest absolute Gasteiger partial charge is 0.160 e. The lowest BCUT2D eigenvalue weighted by Crippen LogP contribution is -2.32. The molecule has 4 rings (SSSR count). The first-order chi connectivity index (χ1) is 9.26. The molecule has 1 aromatic rings. The van der Waals surface area contributed by atoms with Crippen molar-refractivity contribution in [3.8, 4) is 5.75 Å². The van der Waals surface area contributed by atoms with Gasteiger partial charge in [-0.2, -0.15) is 0 Å². The summed E-state index contributed by atoms with van der Waals surface area (Å²) in [4.78, 5) is 14.4. The minimum absolute atomic E-state index is 0.268. The van der Waals surface area contributed by atoms with Gasteiger partial charge in [0, 0.05) is 37.2 Å². The van der Waals surface area contributed by atoms with E-state index in [9.17, 15) is 4.79 Å². The van der Waals surface area contributed by atoms with Crippen LogP contribution in [0, 0.1) is 5.92 Å². The van der Waals surface area contributed by atoms with Crippen LogP contribution >= 0.6 is 0 Å². The Balaban J connectivity index is 1.79. The maximum absolute atomic E-state index is 12.0. The maximum Gasteiger partial charge on any atom is 0.160 e. The fourth-order valence-corrected chi connectivity index (χ4v) is 2.94. The number of ketones is 1. The molecule has 0 amide bonds. The number of piperidine rings is 1. The van der Waals surface area contributed by atoms with Crippen molar-refractivity contribution in [1.29, 1.82) is 0 Å². The third-order valence-corrected chi connectivity index (χ3v) is 4.16. The van der Waals surface area contributed by atoms with Crippen LogP contribution in [0.4, 0.5) is 0 Å². The normalized spacial score (nSPS) is 19.3. The number of hydrogen-bond donors (Lipinski definition) is 0. The van der Waals surface area contributed by atoms with Gasteiger partial charge in [-0.05, 0) is 30.5 Å². The molecule has 1 fully saturated rings. The molecular weight excluding hydrogens is 238 g/mol. The van der Waals surface area contributed by atoms with Crippen molar-refractivity contribution in [2.24, 2.45) is 5.92 Å². The fraction of sp³-hybridized carbons (Fsp3) is 0.438. The molecule has 3 aliphatic heterocycles. The molecule has 0 unspecified atom stereocenters. The van der Waals surface area contributed by atoms with Crippen molar-refractivity contribution in [3.05, 3.63) is 41.6 Å². The molecule has 0 aliphatic carbocycles. The van der Waals surface area contributed by atoms with Crippen LogP contribution in [0.3, 0.4) is 0 Å². The highest BCUT2D eigenvalue weighted by Gasteiger charge is 2.29. The van der Waals surface area contributed by atoms with Gasteiger partial charge in [0.25, 0.3) is 0 Å². The lowest BCUT2D eigenvalue weighted by molar-refractivity contribution is -0.118. The third kappa shape index (κ3) is 2.50. The van der Waals surface area contributed by atoms with Crippen LogP contribution in [-0.2, 0) is 11.2 Å². The van der Waals surface area contributed by atoms with E-state index in [1.807, 2.05) is 18.2 Å². The summed E-state index contributed by atoms with van der Waals surface area (Å²) in [5.74, 6) is 1.46. The first-order valence-electron chi connectivity index (χ1n) is 6.88. The van der Waals surface area contributed by atoms with Crippen molar-refractivity contribution in [2.45, 2.75) is 19.3 Å². The third-order valence-electron chi connectivity index (χ3n) is 4.16. The molecule has 0 atom stereocenters. The predicted molar refractivity (Wildman–Crippen MR) is 74.1 cm³/mol. The summed E-state index contributed by atoms with van der Waals surface area (Å²) in [6.07, 6.45) is 4.74. The number of benzene rings is 1. The van der Waals surface area contributed by atoms with Crippen LogP contribution < -0.4 is 4.74 Å². The standard InChI is InChI=1S/C16H19NO2/c1-19-15-4-2-12(3-5-15)10-14-11-16(18)13-6-8-17(14)9-7-13/h2-5,11,13H,6-10H2,1H3. The summed E-state index contributed by atoms with van der Waals surface area (Å²) in [5, 5.41) is 0. The Labute approximate surface area is 113 Å². The van der Waals surface area contributed by atoms with Gasteiger partial charge in [-0.3, -0.25) is 4.79 Å². The van der Waals surface area contributed by atoms with Crippen molar-refractivity contribution < 1.29 is 9.53 Å². The zero-order valence-corrected chi connectivity index (χ0v) is 11.3. The minimum Gasteiger partial charge on any atom is -0.497 e. The molecule has 3 aliphatic rings. The van der Waals surface area contributed by atoms with E-state index < -0.39 is 0 Å². The first-order valence-corrected chi connectivity index (χ1v) is 6.88. The van der Waals surface area contributed by atoms with Crippen LogP contribution in [0.2, 0.25) is 0 Å². The Kier molecular flexibility index (Phi) is 3.28. The second kappa shape index (κ2) is 5.08. The second-order valence-electron chi connectivity index (χ2n) is 5.32. The Bertz CT molecular complexity index is 496. The number of carbonyl (C=O) groups excluding carboxylic acids is 1. The number of nitrogens with zero attached hydrogens (tertiary/aromatic N) is 1. The van der Waals surface area contributed by atoms with Crippen molar-refractivity contribution in [3.63, 3.8) is 0 Å². The van der Waals surface area contributed by atoms with Crippen LogP contribution in [0.1, 0.15) is 18.4 Å². The maximum atomic E-state index is 12.0. The van der Waals surface area contributed by atoms with Crippen LogP contribution in [0.25, 0.3) is 0 Å². The molecule has 1 aromatic carbocycles. The summed E-state index contributed by atoms with van der Waals surface area (Å²) in [7, 11) is 1.67. The van der Waals surface area contributed by atoms with E-state index in [0.717, 1.165) is 38.1 Å². The van der Waals surface area contributed by atoms with E-state index in [2.05, 4.69) is 17.0 Å². The molecule has 0 N–H and O–H groups in total. The Morgan fingerprint density at radius 3 is 2.53 bits per heavy atom. The van der Waals surface area contributed by atoms with Gasteiger partial charge in [0.2, 0.25) is 0 Å². The van der Waals surface area contributed by atoms with Gasteiger partial charge in [-0.25, -0.2) is 0 Å². The second-order valence-corrected chi connectivity index (χ2v) is 5.32. The molecule has 0 radical (unpaired) electrons. The molecule has 3 nitrogen and oxygen atoms in total. The molecule has 0 spiro atoms. The Morgan fingerprint density at radius 1 is 1.21 bits per heavy atom. The van der Waals surface area contributed by atoms with Gasteiger partial charge in [0.05, 0.1) is 7.11 Å². The molecule has 3 heteroatoms. The van der Waals surface area contributed by atoms with E-state index in [4.69, 9.17) is 4.74 Å². The van der Waals surface area contributed by atoms with Gasteiger partial charge in [-0.1, -0.05) is 12.1 Å². The summed E-state index contributed by atoms with van der Waals surface area (Å²) < 4.78 is 5.17. The van der Waals surface area contributed by atoms with Gasteiger partial charge < -0.3 is 9.64 Å². The zero-order chi connectivity index (χ0) is 13.2. The van der Waals surface area contributed by atoms with Gasteiger partial charge in [-0.15, -0.1) is 0 Å². The summed E-state index contributed by atoms with van der Waals surface area (Å²) in [5.41, 5.74) is 2.40. The number of hydrogen-bond acceptors (Lipinski definition) is 3. The highest BCUT2D eigenvalue weighted by molar-refractivity contribution is 5.93. The van der Waals surface area contributed by atoms with Crippen molar-refractivity contribution >= 4 is 5.78 Å². The molecule has 19 heavy (non-hydrogen) atoms. The number of methoxy groups -OCH3 is 1. The Hall–Kier alpha value is -1.77. The lowest BCUT2D eigenvalue weighted by atomic mass is 9.95. The number of carbonyl (C=O) groups is 1. The van der Waals surface area contributed by atoms with E-state index in [0.29, 0.717) is 5.78 Å². The van der Waals surface area contributed by atoms with Crippen LogP contribution in [-0.4, -0.2) is 30.9 Å². The van der Waals surface area contributed by atoms with E-state index in [1.165, 1.54) is 11.3 Å². The largest absolute Gasteiger partial charge is 0.497 e. The quantitative estimate of drug-likeness (QED) is 0.833. The van der Waals surface area contributed by atoms with E-state index in [-0.39, 0.29) is 5.92 Å². The average Bonchev–Trinajstić information content (AvgIpc) is 2.69. The SMILES string of the molecule is COc1ccc(CC2=CC(=O)C3CCN2CC3)cc1. The molecule has 1 saturated heterocycles. The zero-order valence-electron chi connectivity index (χ0n) is 11.3. The summed E-state index contributed by atoms with van der Waals surface area (Å²) in [6.45, 7) is 2.05. The molecule has 0 saturated carbocycles. The molecule has 100 valence electrons. The molecule has 2 bridgehead atoms. The van der Waals surface area contributed by atoms with Crippen LogP contribution in [0.5, 0.6) is 5.75 Å². The van der Waals surface area contributed by atoms with E-state index >= 15 is 0 Å². The molecule has 3 heterocycles. The van der Waals surface area contributed by atoms with Crippen molar-refractivity contribution in [2.75, 3.05) is 20.2 Å². The highest BCUT2D eigenvalue weighted by Crippen LogP contribution is 2.28.